The quantitative estimate of drug-likeness (QED) is 0.727. The van der Waals surface area contributed by atoms with Crippen molar-refractivity contribution in [2.45, 2.75) is 33.1 Å². The van der Waals surface area contributed by atoms with Crippen molar-refractivity contribution in [3.63, 3.8) is 0 Å². The van der Waals surface area contributed by atoms with E-state index < -0.39 is 0 Å². The van der Waals surface area contributed by atoms with E-state index in [0.29, 0.717) is 0 Å². The number of anilines is 1. The lowest BCUT2D eigenvalue weighted by Crippen LogP contribution is -2.08. The van der Waals surface area contributed by atoms with E-state index in [1.807, 2.05) is 12.1 Å². The van der Waals surface area contributed by atoms with Gasteiger partial charge in [0.2, 0.25) is 0 Å². The van der Waals surface area contributed by atoms with Gasteiger partial charge in [-0.2, -0.15) is 0 Å². The van der Waals surface area contributed by atoms with Crippen LogP contribution in [0.25, 0.3) is 0 Å². The van der Waals surface area contributed by atoms with Crippen LogP contribution in [0.15, 0.2) is 33.2 Å². The summed E-state index contributed by atoms with van der Waals surface area (Å²) in [5, 5.41) is 3.30. The third kappa shape index (κ3) is 4.51. The summed E-state index contributed by atoms with van der Waals surface area (Å²) in [4.78, 5) is 9.36. The second-order valence-electron chi connectivity index (χ2n) is 4.84. The van der Waals surface area contributed by atoms with Crippen molar-refractivity contribution in [1.29, 1.82) is 0 Å². The predicted molar refractivity (Wildman–Crippen MR) is 94.8 cm³/mol. The van der Waals surface area contributed by atoms with Gasteiger partial charge in [-0.3, -0.25) is 0 Å². The lowest BCUT2D eigenvalue weighted by atomic mass is 10.1. The Labute approximate surface area is 142 Å². The van der Waals surface area contributed by atoms with E-state index in [4.69, 9.17) is 4.98 Å². The Balaban J connectivity index is 2.33. The summed E-state index contributed by atoms with van der Waals surface area (Å²) in [6.07, 6.45) is 2.76. The minimum Gasteiger partial charge on any atom is -0.369 e. The van der Waals surface area contributed by atoms with Crippen molar-refractivity contribution in [3.8, 4) is 0 Å². The topological polar surface area (TPSA) is 37.8 Å². The molecule has 112 valence electrons. The van der Waals surface area contributed by atoms with Gasteiger partial charge in [-0.15, -0.1) is 0 Å². The number of aromatic nitrogens is 2. The molecule has 1 aromatic carbocycles. The van der Waals surface area contributed by atoms with E-state index in [1.54, 1.807) is 0 Å². The van der Waals surface area contributed by atoms with Gasteiger partial charge in [0, 0.05) is 17.4 Å². The van der Waals surface area contributed by atoms with E-state index in [0.717, 1.165) is 52.1 Å². The highest BCUT2D eigenvalue weighted by Gasteiger charge is 2.12. The van der Waals surface area contributed by atoms with Crippen LogP contribution in [0.4, 0.5) is 5.82 Å². The van der Waals surface area contributed by atoms with Crippen LogP contribution >= 0.6 is 31.9 Å². The standard InChI is InChI=1S/C16H19Br2N3/c1-3-6-13-15(18)16(19-4-2)21-14(20-13)10-11-7-5-8-12(17)9-11/h5,7-9H,3-4,6,10H2,1-2H3,(H,19,20,21). The van der Waals surface area contributed by atoms with Gasteiger partial charge in [0.1, 0.15) is 11.6 Å². The van der Waals surface area contributed by atoms with Gasteiger partial charge in [0.25, 0.3) is 0 Å². The average molecular weight is 413 g/mol. The smallest absolute Gasteiger partial charge is 0.144 e. The number of rotatable bonds is 6. The van der Waals surface area contributed by atoms with Crippen molar-refractivity contribution in [2.24, 2.45) is 0 Å². The fraction of sp³-hybridized carbons (Fsp3) is 0.375. The number of benzene rings is 1. The first kappa shape index (κ1) is 16.4. The first-order chi connectivity index (χ1) is 10.1. The second-order valence-corrected chi connectivity index (χ2v) is 6.54. The minimum atomic E-state index is 0.738. The van der Waals surface area contributed by atoms with Crippen molar-refractivity contribution in [2.75, 3.05) is 11.9 Å². The summed E-state index contributed by atoms with van der Waals surface area (Å²) in [6, 6.07) is 8.27. The van der Waals surface area contributed by atoms with Gasteiger partial charge >= 0.3 is 0 Å². The van der Waals surface area contributed by atoms with Crippen molar-refractivity contribution < 1.29 is 0 Å². The fourth-order valence-corrected chi connectivity index (χ4v) is 3.10. The molecule has 2 aromatic rings. The maximum atomic E-state index is 4.72. The fourth-order valence-electron chi connectivity index (χ4n) is 2.14. The Morgan fingerprint density at radius 3 is 2.62 bits per heavy atom. The van der Waals surface area contributed by atoms with Crippen molar-refractivity contribution >= 4 is 37.7 Å². The maximum Gasteiger partial charge on any atom is 0.144 e. The number of nitrogens with one attached hydrogen (secondary N) is 1. The van der Waals surface area contributed by atoms with E-state index in [-0.39, 0.29) is 0 Å². The molecule has 1 aromatic heterocycles. The van der Waals surface area contributed by atoms with E-state index >= 15 is 0 Å². The normalized spacial score (nSPS) is 10.7. The van der Waals surface area contributed by atoms with Crippen molar-refractivity contribution in [3.05, 3.63) is 50.3 Å². The van der Waals surface area contributed by atoms with Crippen LogP contribution in [0.5, 0.6) is 0 Å². The van der Waals surface area contributed by atoms with Crippen LogP contribution in [-0.4, -0.2) is 16.5 Å². The van der Waals surface area contributed by atoms with Crippen LogP contribution in [0, 0.1) is 0 Å². The molecular weight excluding hydrogens is 394 g/mol. The Kier molecular flexibility index (Phi) is 6.18. The first-order valence-electron chi connectivity index (χ1n) is 7.17. The van der Waals surface area contributed by atoms with Gasteiger partial charge in [-0.25, -0.2) is 9.97 Å². The molecule has 3 nitrogen and oxygen atoms in total. The summed E-state index contributed by atoms with van der Waals surface area (Å²) in [5.74, 6) is 1.75. The summed E-state index contributed by atoms with van der Waals surface area (Å²) in [6.45, 7) is 5.08. The molecule has 0 aliphatic heterocycles. The number of nitrogens with zero attached hydrogens (tertiary/aromatic N) is 2. The first-order valence-corrected chi connectivity index (χ1v) is 8.76. The third-order valence-electron chi connectivity index (χ3n) is 3.05. The molecule has 0 fully saturated rings. The van der Waals surface area contributed by atoms with E-state index in [1.165, 1.54) is 5.56 Å². The van der Waals surface area contributed by atoms with Gasteiger partial charge < -0.3 is 5.32 Å². The molecule has 5 heteroatoms. The second kappa shape index (κ2) is 7.90. The number of hydrogen-bond donors (Lipinski definition) is 1. The zero-order chi connectivity index (χ0) is 15.2. The van der Waals surface area contributed by atoms with Crippen molar-refractivity contribution in [1.82, 2.24) is 9.97 Å². The molecule has 0 aliphatic carbocycles. The molecule has 1 N–H and O–H groups in total. The van der Waals surface area contributed by atoms with Gasteiger partial charge in [-0.05, 0) is 47.0 Å². The van der Waals surface area contributed by atoms with Crippen LogP contribution in [0.3, 0.4) is 0 Å². The van der Waals surface area contributed by atoms with Gasteiger partial charge in [0.15, 0.2) is 0 Å². The monoisotopic (exact) mass is 411 g/mol. The minimum absolute atomic E-state index is 0.738. The molecule has 0 saturated carbocycles. The zero-order valence-electron chi connectivity index (χ0n) is 12.3. The summed E-state index contributed by atoms with van der Waals surface area (Å²) in [7, 11) is 0. The Hall–Kier alpha value is -0.940. The third-order valence-corrected chi connectivity index (χ3v) is 4.37. The molecule has 21 heavy (non-hydrogen) atoms. The number of hydrogen-bond acceptors (Lipinski definition) is 3. The molecule has 1 heterocycles. The number of aryl methyl sites for hydroxylation is 1. The molecule has 0 spiro atoms. The summed E-state index contributed by atoms with van der Waals surface area (Å²) < 4.78 is 2.07. The maximum absolute atomic E-state index is 4.72. The molecule has 2 rings (SSSR count). The van der Waals surface area contributed by atoms with Crippen LogP contribution < -0.4 is 5.32 Å². The van der Waals surface area contributed by atoms with Crippen LogP contribution in [0.1, 0.15) is 37.4 Å². The highest BCUT2D eigenvalue weighted by atomic mass is 79.9. The zero-order valence-corrected chi connectivity index (χ0v) is 15.5. The van der Waals surface area contributed by atoms with E-state index in [9.17, 15) is 0 Å². The molecule has 0 radical (unpaired) electrons. The molecular formula is C16H19Br2N3. The largest absolute Gasteiger partial charge is 0.369 e. The Morgan fingerprint density at radius 2 is 1.95 bits per heavy atom. The van der Waals surface area contributed by atoms with Crippen LogP contribution in [0.2, 0.25) is 0 Å². The molecule has 0 saturated heterocycles. The van der Waals surface area contributed by atoms with E-state index in [2.05, 4.69) is 68.1 Å². The Morgan fingerprint density at radius 1 is 1.14 bits per heavy atom. The highest BCUT2D eigenvalue weighted by Crippen LogP contribution is 2.25. The molecule has 0 bridgehead atoms. The molecule has 0 amide bonds. The molecule has 0 unspecified atom stereocenters. The highest BCUT2D eigenvalue weighted by molar-refractivity contribution is 9.11. The lowest BCUT2D eigenvalue weighted by molar-refractivity contribution is 0.833. The summed E-state index contributed by atoms with van der Waals surface area (Å²) in [5.41, 5.74) is 2.28. The average Bonchev–Trinajstić information content (AvgIpc) is 2.44. The molecule has 0 atom stereocenters. The SMILES string of the molecule is CCCc1nc(Cc2cccc(Br)c2)nc(NCC)c1Br. The Bertz CT molecular complexity index is 587. The number of halogens is 2. The van der Waals surface area contributed by atoms with Crippen LogP contribution in [-0.2, 0) is 12.8 Å². The lowest BCUT2D eigenvalue weighted by Gasteiger charge is -2.12. The predicted octanol–water partition coefficient (Wildman–Crippen LogP) is 4.98. The van der Waals surface area contributed by atoms with Gasteiger partial charge in [0.05, 0.1) is 10.2 Å². The van der Waals surface area contributed by atoms with Gasteiger partial charge in [-0.1, -0.05) is 41.4 Å². The molecule has 0 aliphatic rings. The summed E-state index contributed by atoms with van der Waals surface area (Å²) >= 11 is 7.12.